The van der Waals surface area contributed by atoms with E-state index in [1.165, 1.54) is 6.07 Å². The predicted molar refractivity (Wildman–Crippen MR) is 63.9 cm³/mol. The normalized spacial score (nSPS) is 12.9. The van der Waals surface area contributed by atoms with Crippen LogP contribution in [0.4, 0.5) is 22.0 Å². The number of rotatable bonds is 2. The molecule has 0 amide bonds. The van der Waals surface area contributed by atoms with Gasteiger partial charge in [-0.1, -0.05) is 30.7 Å². The molecule has 2 rings (SSSR count). The number of alkyl halides is 5. The smallest absolute Gasteiger partial charge is 0.226 e. The summed E-state index contributed by atoms with van der Waals surface area (Å²) in [4.78, 5) is 6.48. The Morgan fingerprint density at radius 2 is 1.75 bits per heavy atom. The van der Waals surface area contributed by atoms with E-state index in [4.69, 9.17) is 11.6 Å². The number of halogens is 6. The Labute approximate surface area is 115 Å². The van der Waals surface area contributed by atoms with E-state index in [1.807, 2.05) is 0 Å². The number of aryl methyl sites for hydroxylation is 1. The highest BCUT2D eigenvalue weighted by atomic mass is 35.5. The van der Waals surface area contributed by atoms with Gasteiger partial charge in [-0.2, -0.15) is 22.0 Å². The SMILES string of the molecule is CCc1cccc2c(Cl)nc(C(F)(F)C(F)(F)F)nc12. The zero-order valence-electron chi connectivity index (χ0n) is 10.1. The van der Waals surface area contributed by atoms with E-state index in [0.29, 0.717) is 12.0 Å². The van der Waals surface area contributed by atoms with Gasteiger partial charge in [-0.3, -0.25) is 0 Å². The van der Waals surface area contributed by atoms with Crippen LogP contribution in [0.5, 0.6) is 0 Å². The van der Waals surface area contributed by atoms with Crippen LogP contribution < -0.4 is 0 Å². The van der Waals surface area contributed by atoms with Crippen molar-refractivity contribution in [3.05, 3.63) is 34.7 Å². The van der Waals surface area contributed by atoms with Crippen molar-refractivity contribution >= 4 is 22.5 Å². The first-order valence-electron chi connectivity index (χ1n) is 5.58. The van der Waals surface area contributed by atoms with Crippen molar-refractivity contribution in [1.29, 1.82) is 0 Å². The topological polar surface area (TPSA) is 25.8 Å². The van der Waals surface area contributed by atoms with Gasteiger partial charge in [0, 0.05) is 5.39 Å². The molecule has 108 valence electrons. The van der Waals surface area contributed by atoms with E-state index in [1.54, 1.807) is 19.1 Å². The summed E-state index contributed by atoms with van der Waals surface area (Å²) in [5.74, 6) is -6.78. The van der Waals surface area contributed by atoms with Crippen LogP contribution in [0.2, 0.25) is 5.15 Å². The fourth-order valence-corrected chi connectivity index (χ4v) is 1.96. The van der Waals surface area contributed by atoms with Gasteiger partial charge in [0.05, 0.1) is 5.52 Å². The minimum atomic E-state index is -5.77. The monoisotopic (exact) mass is 310 g/mol. The third kappa shape index (κ3) is 2.30. The van der Waals surface area contributed by atoms with Gasteiger partial charge >= 0.3 is 12.1 Å². The van der Waals surface area contributed by atoms with E-state index in [9.17, 15) is 22.0 Å². The van der Waals surface area contributed by atoms with Crippen LogP contribution in [0.25, 0.3) is 10.9 Å². The van der Waals surface area contributed by atoms with Crippen molar-refractivity contribution < 1.29 is 22.0 Å². The van der Waals surface area contributed by atoms with Gasteiger partial charge in [-0.25, -0.2) is 9.97 Å². The van der Waals surface area contributed by atoms with Gasteiger partial charge in [-0.05, 0) is 18.1 Å². The van der Waals surface area contributed by atoms with Crippen LogP contribution in [0.15, 0.2) is 18.2 Å². The standard InChI is InChI=1S/C12H8ClF5N2/c1-2-6-4-3-5-7-8(6)19-10(20-9(7)13)11(14,15)12(16,17)18/h3-5H,2H2,1H3. The Morgan fingerprint density at radius 1 is 1.10 bits per heavy atom. The van der Waals surface area contributed by atoms with Crippen LogP contribution in [-0.2, 0) is 12.3 Å². The van der Waals surface area contributed by atoms with Gasteiger partial charge in [0.15, 0.2) is 0 Å². The summed E-state index contributed by atoms with van der Waals surface area (Å²) in [6.45, 7) is 1.73. The molecular formula is C12H8ClF5N2. The Balaban J connectivity index is 2.75. The molecule has 0 aliphatic carbocycles. The predicted octanol–water partition coefficient (Wildman–Crippen LogP) is 4.50. The van der Waals surface area contributed by atoms with Gasteiger partial charge < -0.3 is 0 Å². The van der Waals surface area contributed by atoms with Crippen LogP contribution in [0, 0.1) is 0 Å². The summed E-state index contributed by atoms with van der Waals surface area (Å²) in [5.41, 5.74) is 0.528. The largest absolute Gasteiger partial charge is 0.461 e. The first-order valence-corrected chi connectivity index (χ1v) is 5.96. The third-order valence-electron chi connectivity index (χ3n) is 2.78. The maximum absolute atomic E-state index is 13.3. The molecule has 1 aromatic heterocycles. The summed E-state index contributed by atoms with van der Waals surface area (Å²) in [6, 6.07) is 4.66. The van der Waals surface area contributed by atoms with E-state index < -0.39 is 23.1 Å². The fraction of sp³-hybridized carbons (Fsp3) is 0.333. The molecule has 0 atom stereocenters. The summed E-state index contributed by atoms with van der Waals surface area (Å²) in [7, 11) is 0. The average Bonchev–Trinajstić information content (AvgIpc) is 2.36. The zero-order chi connectivity index (χ0) is 15.1. The average molecular weight is 311 g/mol. The highest BCUT2D eigenvalue weighted by Gasteiger charge is 2.61. The number of para-hydroxylation sites is 1. The van der Waals surface area contributed by atoms with Crippen molar-refractivity contribution in [2.24, 2.45) is 0 Å². The number of aromatic nitrogens is 2. The van der Waals surface area contributed by atoms with E-state index in [2.05, 4.69) is 9.97 Å². The molecule has 0 aliphatic rings. The van der Waals surface area contributed by atoms with E-state index >= 15 is 0 Å². The van der Waals surface area contributed by atoms with Crippen LogP contribution in [0.1, 0.15) is 18.3 Å². The molecule has 0 radical (unpaired) electrons. The van der Waals surface area contributed by atoms with Crippen LogP contribution in [0.3, 0.4) is 0 Å². The summed E-state index contributed by atoms with van der Waals surface area (Å²) >= 11 is 5.70. The van der Waals surface area contributed by atoms with E-state index in [0.717, 1.165) is 0 Å². The molecule has 0 aliphatic heterocycles. The Kier molecular flexibility index (Phi) is 3.58. The van der Waals surface area contributed by atoms with Crippen molar-refractivity contribution in [2.45, 2.75) is 25.4 Å². The molecular weight excluding hydrogens is 303 g/mol. The molecule has 2 aromatic rings. The van der Waals surface area contributed by atoms with Crippen LogP contribution >= 0.6 is 11.6 Å². The summed E-state index contributed by atoms with van der Waals surface area (Å²) in [6.07, 6.45) is -5.35. The molecule has 1 heterocycles. The van der Waals surface area contributed by atoms with Gasteiger partial charge in [0.1, 0.15) is 5.15 Å². The molecule has 0 bridgehead atoms. The second-order valence-corrected chi connectivity index (χ2v) is 4.44. The van der Waals surface area contributed by atoms with Gasteiger partial charge in [0.25, 0.3) is 0 Å². The molecule has 0 spiro atoms. The zero-order valence-corrected chi connectivity index (χ0v) is 10.9. The summed E-state index contributed by atoms with van der Waals surface area (Å²) in [5, 5.41) is -0.183. The molecule has 0 fully saturated rings. The molecule has 20 heavy (non-hydrogen) atoms. The lowest BCUT2D eigenvalue weighted by Crippen LogP contribution is -2.35. The first-order chi connectivity index (χ1) is 9.18. The Bertz CT molecular complexity index is 654. The second-order valence-electron chi connectivity index (χ2n) is 4.08. The number of nitrogens with zero attached hydrogens (tertiary/aromatic N) is 2. The molecule has 0 saturated carbocycles. The van der Waals surface area contributed by atoms with Gasteiger partial charge in [-0.15, -0.1) is 0 Å². The number of hydrogen-bond donors (Lipinski definition) is 0. The fourth-order valence-electron chi connectivity index (χ4n) is 1.73. The number of fused-ring (bicyclic) bond motifs is 1. The third-order valence-corrected chi connectivity index (χ3v) is 3.07. The first kappa shape index (κ1) is 14.9. The number of hydrogen-bond acceptors (Lipinski definition) is 2. The molecule has 1 aromatic carbocycles. The lowest BCUT2D eigenvalue weighted by atomic mass is 10.1. The summed E-state index contributed by atoms with van der Waals surface area (Å²) < 4.78 is 63.7. The lowest BCUT2D eigenvalue weighted by molar-refractivity contribution is -0.292. The Morgan fingerprint density at radius 3 is 2.30 bits per heavy atom. The molecule has 2 nitrogen and oxygen atoms in total. The minimum absolute atomic E-state index is 0.00826. The molecule has 0 N–H and O–H groups in total. The highest BCUT2D eigenvalue weighted by Crippen LogP contribution is 2.43. The van der Waals surface area contributed by atoms with Crippen molar-refractivity contribution in [1.82, 2.24) is 9.97 Å². The van der Waals surface area contributed by atoms with Crippen molar-refractivity contribution in [3.8, 4) is 0 Å². The number of benzene rings is 1. The van der Waals surface area contributed by atoms with E-state index in [-0.39, 0.29) is 10.9 Å². The quantitative estimate of drug-likeness (QED) is 0.603. The molecule has 8 heteroatoms. The Hall–Kier alpha value is -1.50. The maximum Gasteiger partial charge on any atom is 0.461 e. The lowest BCUT2D eigenvalue weighted by Gasteiger charge is -2.19. The van der Waals surface area contributed by atoms with Crippen LogP contribution in [-0.4, -0.2) is 16.1 Å². The molecule has 0 saturated heterocycles. The van der Waals surface area contributed by atoms with Crippen molar-refractivity contribution in [3.63, 3.8) is 0 Å². The highest BCUT2D eigenvalue weighted by molar-refractivity contribution is 6.34. The second kappa shape index (κ2) is 4.80. The van der Waals surface area contributed by atoms with Gasteiger partial charge in [0.2, 0.25) is 5.82 Å². The van der Waals surface area contributed by atoms with Crippen molar-refractivity contribution in [2.75, 3.05) is 0 Å². The molecule has 0 unspecified atom stereocenters. The minimum Gasteiger partial charge on any atom is -0.226 e. The maximum atomic E-state index is 13.3.